The molecule has 0 bridgehead atoms. The molecule has 1 N–H and O–H groups in total. The molecule has 0 aliphatic carbocycles. The number of fused-ring (bicyclic) bond motifs is 1. The van der Waals surface area contributed by atoms with Crippen molar-refractivity contribution in [3.05, 3.63) is 47.5 Å². The molecule has 122 valence electrons. The van der Waals surface area contributed by atoms with Crippen LogP contribution < -0.4 is 0 Å². The molecule has 1 heterocycles. The Morgan fingerprint density at radius 1 is 1.17 bits per heavy atom. The van der Waals surface area contributed by atoms with Crippen LogP contribution in [0, 0.1) is 6.92 Å². The molecule has 0 radical (unpaired) electrons. The normalized spacial score (nSPS) is 19.8. The van der Waals surface area contributed by atoms with Crippen LogP contribution >= 0.6 is 0 Å². The van der Waals surface area contributed by atoms with Gasteiger partial charge >= 0.3 is 0 Å². The minimum atomic E-state index is -0.489. The van der Waals surface area contributed by atoms with E-state index in [1.54, 1.807) is 11.8 Å². The first-order valence-corrected chi connectivity index (χ1v) is 8.18. The lowest BCUT2D eigenvalue weighted by molar-refractivity contribution is -0.129. The molecule has 1 aliphatic heterocycles. The summed E-state index contributed by atoms with van der Waals surface area (Å²) < 4.78 is 0. The topological polar surface area (TPSA) is 43.8 Å². The predicted molar refractivity (Wildman–Crippen MR) is 92.2 cm³/mol. The van der Waals surface area contributed by atoms with Crippen molar-refractivity contribution in [2.75, 3.05) is 26.2 Å². The Hall–Kier alpha value is -1.91. The van der Waals surface area contributed by atoms with Gasteiger partial charge in [0.1, 0.15) is 0 Å². The van der Waals surface area contributed by atoms with Crippen LogP contribution in [0.1, 0.15) is 18.1 Å². The molecule has 2 aromatic rings. The Kier molecular flexibility index (Phi) is 4.64. The second kappa shape index (κ2) is 6.69. The van der Waals surface area contributed by atoms with Crippen molar-refractivity contribution in [2.45, 2.75) is 26.5 Å². The van der Waals surface area contributed by atoms with Crippen molar-refractivity contribution in [3.63, 3.8) is 0 Å². The van der Waals surface area contributed by atoms with E-state index in [-0.39, 0.29) is 5.91 Å². The van der Waals surface area contributed by atoms with E-state index in [0.717, 1.165) is 13.1 Å². The molecule has 1 fully saturated rings. The molecule has 0 saturated carbocycles. The van der Waals surface area contributed by atoms with Gasteiger partial charge in [-0.05, 0) is 28.8 Å². The molecule has 0 aromatic heterocycles. The van der Waals surface area contributed by atoms with Crippen LogP contribution in [0.3, 0.4) is 0 Å². The fourth-order valence-electron chi connectivity index (χ4n) is 3.36. The third-order valence-electron chi connectivity index (χ3n) is 4.69. The average molecular weight is 312 g/mol. The summed E-state index contributed by atoms with van der Waals surface area (Å²) in [5, 5.41) is 12.7. The van der Waals surface area contributed by atoms with Gasteiger partial charge in [-0.15, -0.1) is 0 Å². The number of rotatable bonds is 2. The Bertz CT molecular complexity index is 714. The van der Waals surface area contributed by atoms with Gasteiger partial charge in [-0.25, -0.2) is 0 Å². The fraction of sp³-hybridized carbons (Fsp3) is 0.421. The zero-order chi connectivity index (χ0) is 16.4. The summed E-state index contributed by atoms with van der Waals surface area (Å²) in [6, 6.07) is 12.7. The summed E-state index contributed by atoms with van der Waals surface area (Å²) in [7, 11) is 0. The van der Waals surface area contributed by atoms with Crippen molar-refractivity contribution in [2.24, 2.45) is 0 Å². The zero-order valence-electron chi connectivity index (χ0n) is 13.8. The summed E-state index contributed by atoms with van der Waals surface area (Å²) in [4.78, 5) is 15.6. The van der Waals surface area contributed by atoms with Gasteiger partial charge < -0.3 is 10.0 Å². The van der Waals surface area contributed by atoms with E-state index < -0.39 is 6.10 Å². The number of β-amino-alcohol motifs (C(OH)–C–C–N with tert-alkyl or cyclic N) is 1. The minimum absolute atomic E-state index is 0.0345. The van der Waals surface area contributed by atoms with Crippen molar-refractivity contribution < 1.29 is 9.90 Å². The lowest BCUT2D eigenvalue weighted by Gasteiger charge is -2.23. The van der Waals surface area contributed by atoms with Crippen LogP contribution in [0.4, 0.5) is 0 Å². The van der Waals surface area contributed by atoms with E-state index in [2.05, 4.69) is 48.2 Å². The number of aliphatic hydroxyl groups excluding tert-OH is 1. The van der Waals surface area contributed by atoms with E-state index in [1.165, 1.54) is 21.9 Å². The first-order valence-electron chi connectivity index (χ1n) is 8.18. The molecular formula is C19H24N2O2. The standard InChI is InChI=1S/C19H24N2O2/c1-14-7-8-16-5-3-4-6-18(16)19(14)13-20-9-10-21(15(2)22)12-17(23)11-20/h3-8,17,23H,9-13H2,1-2H3/t17-/m1/s1. The number of hydrogen-bond acceptors (Lipinski definition) is 3. The van der Waals surface area contributed by atoms with Crippen LogP contribution in [0.15, 0.2) is 36.4 Å². The predicted octanol–water partition coefficient (Wildman–Crippen LogP) is 2.17. The van der Waals surface area contributed by atoms with Gasteiger partial charge in [0, 0.05) is 39.6 Å². The van der Waals surface area contributed by atoms with Gasteiger partial charge in [-0.2, -0.15) is 0 Å². The molecule has 0 spiro atoms. The number of carbonyl (C=O) groups excluding carboxylic acids is 1. The fourth-order valence-corrected chi connectivity index (χ4v) is 3.36. The Labute approximate surface area is 137 Å². The lowest BCUT2D eigenvalue weighted by atomic mass is 9.99. The SMILES string of the molecule is CC(=O)N1CCN(Cc2c(C)ccc3ccccc23)C[C@@H](O)C1. The number of hydrogen-bond donors (Lipinski definition) is 1. The molecule has 1 aliphatic rings. The third-order valence-corrected chi connectivity index (χ3v) is 4.69. The lowest BCUT2D eigenvalue weighted by Crippen LogP contribution is -2.36. The van der Waals surface area contributed by atoms with Crippen molar-refractivity contribution >= 4 is 16.7 Å². The molecule has 3 rings (SSSR count). The number of amides is 1. The smallest absolute Gasteiger partial charge is 0.219 e. The van der Waals surface area contributed by atoms with E-state index in [1.807, 2.05) is 0 Å². The first-order chi connectivity index (χ1) is 11.0. The van der Waals surface area contributed by atoms with E-state index in [9.17, 15) is 9.90 Å². The average Bonchev–Trinajstić information content (AvgIpc) is 2.71. The number of carbonyl (C=O) groups is 1. The van der Waals surface area contributed by atoms with E-state index in [4.69, 9.17) is 0 Å². The second-order valence-corrected chi connectivity index (χ2v) is 6.44. The molecule has 4 nitrogen and oxygen atoms in total. The van der Waals surface area contributed by atoms with E-state index in [0.29, 0.717) is 19.6 Å². The molecule has 4 heteroatoms. The Morgan fingerprint density at radius 2 is 1.96 bits per heavy atom. The number of aliphatic hydroxyl groups is 1. The number of aryl methyl sites for hydroxylation is 1. The highest BCUT2D eigenvalue weighted by molar-refractivity contribution is 5.86. The van der Waals surface area contributed by atoms with Crippen molar-refractivity contribution in [1.29, 1.82) is 0 Å². The van der Waals surface area contributed by atoms with Crippen LogP contribution in [-0.4, -0.2) is 53.1 Å². The second-order valence-electron chi connectivity index (χ2n) is 6.44. The summed E-state index contributed by atoms with van der Waals surface area (Å²) in [5.41, 5.74) is 2.58. The highest BCUT2D eigenvalue weighted by Crippen LogP contribution is 2.24. The summed E-state index contributed by atoms with van der Waals surface area (Å²) in [5.74, 6) is 0.0345. The Balaban J connectivity index is 1.84. The van der Waals surface area contributed by atoms with E-state index >= 15 is 0 Å². The summed E-state index contributed by atoms with van der Waals surface area (Å²) in [6.07, 6.45) is -0.489. The largest absolute Gasteiger partial charge is 0.390 e. The van der Waals surface area contributed by atoms with Gasteiger partial charge in [0.25, 0.3) is 0 Å². The van der Waals surface area contributed by atoms with Gasteiger partial charge in [0.05, 0.1) is 6.10 Å². The van der Waals surface area contributed by atoms with Crippen LogP contribution in [0.2, 0.25) is 0 Å². The molecule has 1 saturated heterocycles. The summed E-state index contributed by atoms with van der Waals surface area (Å²) in [6.45, 7) is 7.01. The molecule has 1 atom stereocenters. The molecular weight excluding hydrogens is 288 g/mol. The van der Waals surface area contributed by atoms with Gasteiger partial charge in [0.15, 0.2) is 0 Å². The number of nitrogens with zero attached hydrogens (tertiary/aromatic N) is 2. The molecule has 1 amide bonds. The highest BCUT2D eigenvalue weighted by Gasteiger charge is 2.23. The van der Waals surface area contributed by atoms with Gasteiger partial charge in [-0.1, -0.05) is 36.4 Å². The zero-order valence-corrected chi connectivity index (χ0v) is 13.8. The van der Waals surface area contributed by atoms with Crippen molar-refractivity contribution in [3.8, 4) is 0 Å². The maximum absolute atomic E-state index is 11.6. The maximum atomic E-state index is 11.6. The molecule has 23 heavy (non-hydrogen) atoms. The number of benzene rings is 2. The highest BCUT2D eigenvalue weighted by atomic mass is 16.3. The van der Waals surface area contributed by atoms with Crippen LogP contribution in [-0.2, 0) is 11.3 Å². The minimum Gasteiger partial charge on any atom is -0.390 e. The monoisotopic (exact) mass is 312 g/mol. The quantitative estimate of drug-likeness (QED) is 0.924. The van der Waals surface area contributed by atoms with Gasteiger partial charge in [-0.3, -0.25) is 9.69 Å². The maximum Gasteiger partial charge on any atom is 0.219 e. The Morgan fingerprint density at radius 3 is 2.74 bits per heavy atom. The molecule has 2 aromatic carbocycles. The van der Waals surface area contributed by atoms with Crippen LogP contribution in [0.5, 0.6) is 0 Å². The van der Waals surface area contributed by atoms with Gasteiger partial charge in [0.2, 0.25) is 5.91 Å². The van der Waals surface area contributed by atoms with Crippen LogP contribution in [0.25, 0.3) is 10.8 Å². The van der Waals surface area contributed by atoms with Crippen molar-refractivity contribution in [1.82, 2.24) is 9.80 Å². The molecule has 0 unspecified atom stereocenters. The first kappa shape index (κ1) is 16.0. The third kappa shape index (κ3) is 3.54. The summed E-state index contributed by atoms with van der Waals surface area (Å²) >= 11 is 0.